The largest absolute Gasteiger partial charge is 0.462 e. The molecule has 518 valence electrons. The van der Waals surface area contributed by atoms with Gasteiger partial charge in [-0.2, -0.15) is 0 Å². The summed E-state index contributed by atoms with van der Waals surface area (Å²) in [6.07, 6.45) is 108. The summed E-state index contributed by atoms with van der Waals surface area (Å²) < 4.78 is 10.8. The molecule has 0 aliphatic heterocycles. The molecule has 1 atom stereocenters. The third-order valence-electron chi connectivity index (χ3n) is 18.6. The zero-order chi connectivity index (χ0) is 63.3. The highest BCUT2D eigenvalue weighted by Crippen LogP contribution is 2.20. The highest BCUT2D eigenvalue weighted by Gasteiger charge is 2.16. The molecular weight excluding hydrogens is 1080 g/mol. The Hall–Kier alpha value is -2.14. The summed E-state index contributed by atoms with van der Waals surface area (Å²) in [6.45, 7) is 4.19. The van der Waals surface area contributed by atoms with Crippen LogP contribution in [0.2, 0.25) is 0 Å². The average Bonchev–Trinajstić information content (AvgIpc) is 3.54. The highest BCUT2D eigenvalue weighted by molar-refractivity contribution is 5.70. The lowest BCUT2D eigenvalue weighted by atomic mass is 10.0. The lowest BCUT2D eigenvalue weighted by molar-refractivity contribution is -0.161. The molecule has 1 unspecified atom stereocenters. The number of ether oxygens (including phenoxy) is 2. The van der Waals surface area contributed by atoms with E-state index in [1.54, 1.807) is 0 Å². The standard InChI is InChI=1S/C83H156O5/c1-3-5-7-9-11-13-15-17-19-21-23-25-27-29-31-33-35-37-39-40-41-42-44-46-48-50-52-54-56-58-60-62-64-66-68-70-72-74-76-78-83(86)88-81(79-84)80-87-82(85)77-75-73-71-69-67-65-63-61-59-57-55-53-51-49-47-45-43-38-36-34-32-30-28-26-24-22-20-18-16-14-12-10-8-6-4-2/h15-18,21-24,81,84H,3-14,19-20,25-80H2,1-2H3/b17-15-,18-16-,23-21-,24-22-. The van der Waals surface area contributed by atoms with Crippen LogP contribution in [-0.2, 0) is 19.1 Å². The number of carbonyl (C=O) groups excluding carboxylic acids is 2. The van der Waals surface area contributed by atoms with Crippen LogP contribution in [0.3, 0.4) is 0 Å². The molecule has 5 heteroatoms. The number of aliphatic hydroxyl groups is 1. The smallest absolute Gasteiger partial charge is 0.306 e. The first-order chi connectivity index (χ1) is 43.6. The molecule has 0 heterocycles. The van der Waals surface area contributed by atoms with E-state index in [-0.39, 0.29) is 25.2 Å². The fourth-order valence-electron chi connectivity index (χ4n) is 12.6. The lowest BCUT2D eigenvalue weighted by Crippen LogP contribution is -2.28. The normalized spacial score (nSPS) is 12.4. The molecule has 1 N–H and O–H groups in total. The molecule has 0 spiro atoms. The van der Waals surface area contributed by atoms with Crippen molar-refractivity contribution in [2.45, 2.75) is 457 Å². The quantitative estimate of drug-likeness (QED) is 0.0373. The molecule has 0 amide bonds. The number of carbonyl (C=O) groups is 2. The van der Waals surface area contributed by atoms with Gasteiger partial charge >= 0.3 is 11.9 Å². The Kier molecular flexibility index (Phi) is 77.2. The summed E-state index contributed by atoms with van der Waals surface area (Å²) >= 11 is 0. The molecule has 0 radical (unpaired) electrons. The number of hydrogen-bond donors (Lipinski definition) is 1. The maximum Gasteiger partial charge on any atom is 0.306 e. The summed E-state index contributed by atoms with van der Waals surface area (Å²) in [4.78, 5) is 24.7. The Bertz CT molecular complexity index is 1450. The Morgan fingerprint density at radius 3 is 0.670 bits per heavy atom. The van der Waals surface area contributed by atoms with Gasteiger partial charge in [0.25, 0.3) is 0 Å². The molecule has 0 aromatic rings. The molecular formula is C83H156O5. The maximum absolute atomic E-state index is 12.4. The molecule has 0 saturated carbocycles. The molecule has 0 aliphatic carbocycles. The van der Waals surface area contributed by atoms with Crippen LogP contribution in [0.25, 0.3) is 0 Å². The molecule has 0 bridgehead atoms. The summed E-state index contributed by atoms with van der Waals surface area (Å²) in [6, 6.07) is 0. The van der Waals surface area contributed by atoms with Gasteiger partial charge in [0.1, 0.15) is 6.61 Å². The third-order valence-corrected chi connectivity index (χ3v) is 18.6. The topological polar surface area (TPSA) is 72.8 Å². The van der Waals surface area contributed by atoms with Crippen molar-refractivity contribution in [2.75, 3.05) is 13.2 Å². The van der Waals surface area contributed by atoms with Gasteiger partial charge in [0.2, 0.25) is 0 Å². The monoisotopic (exact) mass is 1230 g/mol. The van der Waals surface area contributed by atoms with E-state index in [1.165, 1.54) is 379 Å². The van der Waals surface area contributed by atoms with E-state index >= 15 is 0 Å². The van der Waals surface area contributed by atoms with E-state index < -0.39 is 6.10 Å². The van der Waals surface area contributed by atoms with Gasteiger partial charge in [-0.05, 0) is 77.0 Å². The SMILES string of the molecule is CCCCCCC/C=C\C/C=C\CCCCCCCCCCCCCCCCCCCCCCCCCCCCCC(=O)OC(CO)COC(=O)CCCCCCCCCCCCCCCCCCCCCCCCC/C=C\C/C=C\CCCCCCC. The predicted octanol–water partition coefficient (Wildman–Crippen LogP) is 28.2. The Balaban J connectivity index is 3.36. The van der Waals surface area contributed by atoms with Gasteiger partial charge in [-0.15, -0.1) is 0 Å². The van der Waals surface area contributed by atoms with E-state index in [2.05, 4.69) is 62.5 Å². The summed E-state index contributed by atoms with van der Waals surface area (Å²) in [5, 5.41) is 9.73. The fourth-order valence-corrected chi connectivity index (χ4v) is 12.6. The van der Waals surface area contributed by atoms with E-state index in [4.69, 9.17) is 9.47 Å². The predicted molar refractivity (Wildman–Crippen MR) is 390 cm³/mol. The van der Waals surface area contributed by atoms with Crippen LogP contribution in [0, 0.1) is 0 Å². The zero-order valence-corrected chi connectivity index (χ0v) is 59.8. The number of aliphatic hydroxyl groups excluding tert-OH is 1. The second-order valence-corrected chi connectivity index (χ2v) is 27.5. The Morgan fingerprint density at radius 2 is 0.455 bits per heavy atom. The molecule has 0 aromatic carbocycles. The van der Waals surface area contributed by atoms with Crippen molar-refractivity contribution < 1.29 is 24.2 Å². The van der Waals surface area contributed by atoms with Crippen molar-refractivity contribution in [1.29, 1.82) is 0 Å². The van der Waals surface area contributed by atoms with Gasteiger partial charge < -0.3 is 14.6 Å². The first-order valence-corrected chi connectivity index (χ1v) is 40.2. The average molecular weight is 1230 g/mol. The lowest BCUT2D eigenvalue weighted by Gasteiger charge is -2.15. The molecule has 5 nitrogen and oxygen atoms in total. The summed E-state index contributed by atoms with van der Waals surface area (Å²) in [5.74, 6) is -0.562. The van der Waals surface area contributed by atoms with Crippen LogP contribution in [0.15, 0.2) is 48.6 Å². The van der Waals surface area contributed by atoms with Gasteiger partial charge in [-0.3, -0.25) is 9.59 Å². The minimum atomic E-state index is -0.770. The molecule has 0 aliphatic rings. The number of hydrogen-bond acceptors (Lipinski definition) is 5. The minimum absolute atomic E-state index is 0.0587. The number of rotatable bonds is 76. The molecule has 0 rings (SSSR count). The third kappa shape index (κ3) is 76.3. The zero-order valence-electron chi connectivity index (χ0n) is 59.8. The molecule has 0 fully saturated rings. The van der Waals surface area contributed by atoms with Crippen LogP contribution >= 0.6 is 0 Å². The van der Waals surface area contributed by atoms with Gasteiger partial charge in [0.15, 0.2) is 6.10 Å². The van der Waals surface area contributed by atoms with Crippen molar-refractivity contribution >= 4 is 11.9 Å². The van der Waals surface area contributed by atoms with Crippen LogP contribution in [0.5, 0.6) is 0 Å². The van der Waals surface area contributed by atoms with E-state index in [9.17, 15) is 14.7 Å². The van der Waals surface area contributed by atoms with Crippen LogP contribution in [-0.4, -0.2) is 36.4 Å². The maximum atomic E-state index is 12.4. The van der Waals surface area contributed by atoms with Gasteiger partial charge in [-0.1, -0.05) is 409 Å². The van der Waals surface area contributed by atoms with E-state index in [0.717, 1.165) is 44.9 Å². The van der Waals surface area contributed by atoms with E-state index in [1.807, 2.05) is 0 Å². The summed E-state index contributed by atoms with van der Waals surface area (Å²) in [5.41, 5.74) is 0. The van der Waals surface area contributed by atoms with Crippen LogP contribution in [0.1, 0.15) is 450 Å². The van der Waals surface area contributed by atoms with Gasteiger partial charge in [0, 0.05) is 12.8 Å². The van der Waals surface area contributed by atoms with Crippen molar-refractivity contribution in [3.8, 4) is 0 Å². The number of esters is 2. The van der Waals surface area contributed by atoms with Gasteiger partial charge in [-0.25, -0.2) is 0 Å². The minimum Gasteiger partial charge on any atom is -0.462 e. The van der Waals surface area contributed by atoms with E-state index in [0.29, 0.717) is 12.8 Å². The van der Waals surface area contributed by atoms with Crippen LogP contribution < -0.4 is 0 Å². The van der Waals surface area contributed by atoms with Crippen molar-refractivity contribution in [3.63, 3.8) is 0 Å². The summed E-state index contributed by atoms with van der Waals surface area (Å²) in [7, 11) is 0. The second-order valence-electron chi connectivity index (χ2n) is 27.5. The van der Waals surface area contributed by atoms with Crippen LogP contribution in [0.4, 0.5) is 0 Å². The highest BCUT2D eigenvalue weighted by atomic mass is 16.6. The van der Waals surface area contributed by atoms with Gasteiger partial charge in [0.05, 0.1) is 6.61 Å². The number of unbranched alkanes of at least 4 members (excludes halogenated alkanes) is 60. The first kappa shape index (κ1) is 85.9. The Labute approximate surface area is 551 Å². The second kappa shape index (κ2) is 79.1. The Morgan fingerprint density at radius 1 is 0.261 bits per heavy atom. The molecule has 0 aromatic heterocycles. The molecule has 88 heavy (non-hydrogen) atoms. The number of allylic oxidation sites excluding steroid dienone is 8. The van der Waals surface area contributed by atoms with Crippen molar-refractivity contribution in [1.82, 2.24) is 0 Å². The fraction of sp³-hybridized carbons (Fsp3) is 0.880. The molecule has 0 saturated heterocycles. The van der Waals surface area contributed by atoms with Crippen molar-refractivity contribution in [2.24, 2.45) is 0 Å². The first-order valence-electron chi connectivity index (χ1n) is 40.2. The van der Waals surface area contributed by atoms with Crippen molar-refractivity contribution in [3.05, 3.63) is 48.6 Å².